The number of hydroxylamine groups is 1. The molecule has 0 aliphatic carbocycles. The standard InChI is InChI=1S/C24H48N2O3/c1-3-5-7-9-11-13-15-17-19-21-23(27)25-22(24(28)26-29)20-18-16-14-12-10-8-6-4-2/h22H,3-21,26H2,1-2H3,(H,25,27). The van der Waals surface area contributed by atoms with Crippen LogP contribution >= 0.6 is 0 Å². The third-order valence-electron chi connectivity index (χ3n) is 5.65. The minimum absolute atomic E-state index is 0.0901. The second-order valence-electron chi connectivity index (χ2n) is 8.48. The van der Waals surface area contributed by atoms with Crippen LogP contribution in [-0.2, 0) is 9.59 Å². The first-order chi connectivity index (χ1) is 14.2. The normalized spacial score (nSPS) is 12.1. The summed E-state index contributed by atoms with van der Waals surface area (Å²) in [4.78, 5) is 24.0. The van der Waals surface area contributed by atoms with Crippen molar-refractivity contribution in [2.45, 2.75) is 142 Å². The highest BCUT2D eigenvalue weighted by molar-refractivity contribution is 5.82. The Morgan fingerprint density at radius 3 is 1.55 bits per heavy atom. The second-order valence-corrected chi connectivity index (χ2v) is 8.48. The molecule has 5 nitrogen and oxygen atoms in total. The van der Waals surface area contributed by atoms with Crippen molar-refractivity contribution in [3.63, 3.8) is 0 Å². The van der Waals surface area contributed by atoms with Crippen LogP contribution in [0.2, 0.25) is 0 Å². The number of amides is 2. The zero-order chi connectivity index (χ0) is 21.6. The fraction of sp³-hybridized carbons (Fsp3) is 0.917. The molecule has 0 aromatic heterocycles. The Morgan fingerprint density at radius 2 is 1.10 bits per heavy atom. The number of carbonyl (C=O) groups is 2. The highest BCUT2D eigenvalue weighted by atomic mass is 16.5. The van der Waals surface area contributed by atoms with Crippen LogP contribution in [0, 0.1) is 5.21 Å². The predicted octanol–water partition coefficient (Wildman–Crippen LogP) is 5.51. The van der Waals surface area contributed by atoms with Crippen molar-refractivity contribution in [3.05, 3.63) is 5.21 Å². The van der Waals surface area contributed by atoms with Crippen molar-refractivity contribution in [1.29, 1.82) is 0 Å². The molecule has 29 heavy (non-hydrogen) atoms. The molecule has 0 aromatic carbocycles. The molecule has 0 saturated carbocycles. The molecule has 0 rings (SSSR count). The highest BCUT2D eigenvalue weighted by Gasteiger charge is 2.21. The molecule has 5 heteroatoms. The summed E-state index contributed by atoms with van der Waals surface area (Å²) in [7, 11) is 0. The minimum atomic E-state index is -0.626. The van der Waals surface area contributed by atoms with Gasteiger partial charge in [0.05, 0.1) is 0 Å². The number of unbranched alkanes of at least 4 members (excludes halogenated alkanes) is 15. The number of hydrogen-bond acceptors (Lipinski definition) is 3. The smallest absolute Gasteiger partial charge is 0.332 e. The van der Waals surface area contributed by atoms with Crippen LogP contribution in [0.1, 0.15) is 136 Å². The van der Waals surface area contributed by atoms with Gasteiger partial charge in [0.1, 0.15) is 6.04 Å². The highest BCUT2D eigenvalue weighted by Crippen LogP contribution is 2.12. The van der Waals surface area contributed by atoms with Crippen LogP contribution in [0.25, 0.3) is 0 Å². The zero-order valence-corrected chi connectivity index (χ0v) is 19.3. The average molecular weight is 413 g/mol. The van der Waals surface area contributed by atoms with Gasteiger partial charge in [-0.05, 0) is 12.8 Å². The number of quaternary nitrogens is 1. The molecule has 0 aliphatic heterocycles. The number of rotatable bonds is 21. The zero-order valence-electron chi connectivity index (χ0n) is 19.3. The van der Waals surface area contributed by atoms with E-state index in [2.05, 4.69) is 19.2 Å². The number of carbonyl (C=O) groups excluding carboxylic acids is 2. The Morgan fingerprint density at radius 1 is 0.690 bits per heavy atom. The van der Waals surface area contributed by atoms with Gasteiger partial charge in [0.2, 0.25) is 5.91 Å². The number of nitrogens with two attached hydrogens (primary N) is 1. The van der Waals surface area contributed by atoms with E-state index in [1.54, 1.807) is 0 Å². The summed E-state index contributed by atoms with van der Waals surface area (Å²) < 4.78 is 0. The lowest BCUT2D eigenvalue weighted by Crippen LogP contribution is -2.85. The fourth-order valence-corrected chi connectivity index (χ4v) is 3.71. The van der Waals surface area contributed by atoms with Gasteiger partial charge in [-0.25, -0.2) is 4.79 Å². The van der Waals surface area contributed by atoms with Gasteiger partial charge in [-0.2, -0.15) is 0 Å². The number of hydrogen-bond donors (Lipinski definition) is 2. The summed E-state index contributed by atoms with van der Waals surface area (Å²) in [5.74, 6) is -0.582. The molecule has 0 aromatic rings. The fourth-order valence-electron chi connectivity index (χ4n) is 3.71. The Kier molecular flexibility index (Phi) is 21.1. The van der Waals surface area contributed by atoms with Gasteiger partial charge < -0.3 is 16.0 Å². The quantitative estimate of drug-likeness (QED) is 0.192. The maximum atomic E-state index is 12.1. The first-order valence-corrected chi connectivity index (χ1v) is 12.4. The third-order valence-corrected chi connectivity index (χ3v) is 5.65. The summed E-state index contributed by atoms with van der Waals surface area (Å²) in [6, 6.07) is -0.626. The van der Waals surface area contributed by atoms with Crippen LogP contribution in [0.15, 0.2) is 0 Å². The first kappa shape index (κ1) is 28.1. The molecule has 0 heterocycles. The molecule has 1 atom stereocenters. The summed E-state index contributed by atoms with van der Waals surface area (Å²) in [5.41, 5.74) is 0.355. The Balaban J connectivity index is 3.80. The van der Waals surface area contributed by atoms with E-state index in [1.165, 1.54) is 77.0 Å². The van der Waals surface area contributed by atoms with E-state index >= 15 is 0 Å². The van der Waals surface area contributed by atoms with E-state index in [0.29, 0.717) is 18.3 Å². The van der Waals surface area contributed by atoms with Gasteiger partial charge in [-0.15, -0.1) is 0 Å². The predicted molar refractivity (Wildman–Crippen MR) is 121 cm³/mol. The molecular weight excluding hydrogens is 364 g/mol. The van der Waals surface area contributed by atoms with Crippen molar-refractivity contribution in [1.82, 2.24) is 5.32 Å². The maximum Gasteiger partial charge on any atom is 0.332 e. The molecule has 0 fully saturated rings. The lowest BCUT2D eigenvalue weighted by molar-refractivity contribution is -0.502. The minimum Gasteiger partial charge on any atom is -0.628 e. The van der Waals surface area contributed by atoms with Gasteiger partial charge in [0.15, 0.2) is 0 Å². The molecule has 3 N–H and O–H groups in total. The Labute approximate surface area is 179 Å². The van der Waals surface area contributed by atoms with Gasteiger partial charge in [-0.1, -0.05) is 117 Å². The molecule has 0 bridgehead atoms. The van der Waals surface area contributed by atoms with E-state index in [-0.39, 0.29) is 5.91 Å². The lowest BCUT2D eigenvalue weighted by atomic mass is 10.0. The summed E-state index contributed by atoms with van der Waals surface area (Å²) in [6.45, 7) is 4.45. The second kappa shape index (κ2) is 21.8. The monoisotopic (exact) mass is 412 g/mol. The topological polar surface area (TPSA) is 85.8 Å². The largest absolute Gasteiger partial charge is 0.628 e. The molecule has 1 unspecified atom stereocenters. The van der Waals surface area contributed by atoms with Gasteiger partial charge in [-0.3, -0.25) is 4.79 Å². The number of primary amides is 1. The van der Waals surface area contributed by atoms with E-state index in [1.807, 2.05) is 0 Å². The molecule has 0 spiro atoms. The SMILES string of the molecule is CCCCCCCCCCCC(=O)NC(CCCCCCCCCC)C(=O)[NH2+][O-]. The Bertz CT molecular complexity index is 388. The van der Waals surface area contributed by atoms with E-state index in [9.17, 15) is 14.8 Å². The van der Waals surface area contributed by atoms with Crippen LogP contribution in [0.5, 0.6) is 0 Å². The summed E-state index contributed by atoms with van der Waals surface area (Å²) >= 11 is 0. The maximum absolute atomic E-state index is 12.1. The molecular formula is C24H48N2O3. The van der Waals surface area contributed by atoms with Crippen LogP contribution in [0.3, 0.4) is 0 Å². The van der Waals surface area contributed by atoms with E-state index in [0.717, 1.165) is 32.1 Å². The van der Waals surface area contributed by atoms with Crippen molar-refractivity contribution in [3.8, 4) is 0 Å². The van der Waals surface area contributed by atoms with Crippen molar-refractivity contribution in [2.75, 3.05) is 0 Å². The van der Waals surface area contributed by atoms with Crippen LogP contribution in [-0.4, -0.2) is 17.9 Å². The van der Waals surface area contributed by atoms with E-state index < -0.39 is 11.9 Å². The van der Waals surface area contributed by atoms with Crippen molar-refractivity contribution in [2.24, 2.45) is 0 Å². The van der Waals surface area contributed by atoms with Crippen LogP contribution in [0.4, 0.5) is 0 Å². The first-order valence-electron chi connectivity index (χ1n) is 12.4. The molecule has 2 amide bonds. The average Bonchev–Trinajstić information content (AvgIpc) is 2.73. The van der Waals surface area contributed by atoms with Crippen molar-refractivity contribution >= 4 is 11.8 Å². The molecule has 0 aliphatic rings. The summed E-state index contributed by atoms with van der Waals surface area (Å²) in [5, 5.41) is 13.7. The van der Waals surface area contributed by atoms with Crippen LogP contribution < -0.4 is 10.8 Å². The molecule has 0 radical (unpaired) electrons. The lowest BCUT2D eigenvalue weighted by Gasteiger charge is -2.16. The number of nitrogens with one attached hydrogen (secondary N) is 1. The van der Waals surface area contributed by atoms with Gasteiger partial charge in [0, 0.05) is 6.42 Å². The molecule has 172 valence electrons. The van der Waals surface area contributed by atoms with Gasteiger partial charge in [0.25, 0.3) is 0 Å². The Hall–Kier alpha value is -0.940. The van der Waals surface area contributed by atoms with Crippen molar-refractivity contribution < 1.29 is 15.1 Å². The third kappa shape index (κ3) is 18.8. The van der Waals surface area contributed by atoms with E-state index in [4.69, 9.17) is 0 Å². The molecule has 0 saturated heterocycles. The summed E-state index contributed by atoms with van der Waals surface area (Å²) in [6.07, 6.45) is 21.4. The van der Waals surface area contributed by atoms with Gasteiger partial charge >= 0.3 is 5.91 Å².